The van der Waals surface area contributed by atoms with E-state index in [2.05, 4.69) is 25.1 Å². The predicted octanol–water partition coefficient (Wildman–Crippen LogP) is 2.94. The Bertz CT molecular complexity index is 796. The quantitative estimate of drug-likeness (QED) is 0.747. The maximum atomic E-state index is 12.9. The number of piperidine rings is 1. The Hall–Kier alpha value is -2.10. The van der Waals surface area contributed by atoms with E-state index in [9.17, 15) is 9.59 Å². The fraction of sp³-hybridized carbons (Fsp3) is 0.500. The highest BCUT2D eigenvalue weighted by Crippen LogP contribution is 2.60. The summed E-state index contributed by atoms with van der Waals surface area (Å²) >= 11 is 0. The molecule has 4 aliphatic rings. The Morgan fingerprint density at radius 3 is 2.92 bits per heavy atom. The summed E-state index contributed by atoms with van der Waals surface area (Å²) in [7, 11) is 1.48. The van der Waals surface area contributed by atoms with Crippen LogP contribution >= 0.6 is 0 Å². The van der Waals surface area contributed by atoms with E-state index in [4.69, 9.17) is 4.74 Å². The molecule has 0 N–H and O–H groups in total. The van der Waals surface area contributed by atoms with Gasteiger partial charge < -0.3 is 9.64 Å². The minimum Gasteiger partial charge on any atom is -0.469 e. The van der Waals surface area contributed by atoms with Crippen LogP contribution in [-0.2, 0) is 14.3 Å². The molecule has 0 spiro atoms. The number of aryl methyl sites for hydroxylation is 1. The number of amides is 1. The van der Waals surface area contributed by atoms with Crippen molar-refractivity contribution in [1.29, 1.82) is 0 Å². The Balaban J connectivity index is 1.75. The first-order chi connectivity index (χ1) is 11.6. The third-order valence-electron chi connectivity index (χ3n) is 6.66. The van der Waals surface area contributed by atoms with E-state index in [0.29, 0.717) is 24.2 Å². The number of esters is 1. The summed E-state index contributed by atoms with van der Waals surface area (Å²) in [6, 6.07) is 6.34. The van der Waals surface area contributed by atoms with Crippen LogP contribution in [0.5, 0.6) is 0 Å². The number of nitrogens with zero attached hydrogens (tertiary/aromatic N) is 1. The summed E-state index contributed by atoms with van der Waals surface area (Å²) in [5.74, 6) is 1.06. The molecule has 4 heteroatoms. The number of carbonyl (C=O) groups is 2. The van der Waals surface area contributed by atoms with Gasteiger partial charge in [-0.15, -0.1) is 0 Å². The average molecular weight is 323 g/mol. The second-order valence-corrected chi connectivity index (χ2v) is 7.63. The van der Waals surface area contributed by atoms with E-state index < -0.39 is 0 Å². The maximum absolute atomic E-state index is 12.9. The predicted molar refractivity (Wildman–Crippen MR) is 90.3 cm³/mol. The van der Waals surface area contributed by atoms with E-state index >= 15 is 0 Å². The highest BCUT2D eigenvalue weighted by atomic mass is 16.5. The molecule has 5 rings (SSSR count). The highest BCUT2D eigenvalue weighted by molar-refractivity contribution is 6.07. The number of fused-ring (bicyclic) bond motifs is 3. The first-order valence-corrected chi connectivity index (χ1v) is 8.83. The molecule has 0 radical (unpaired) electrons. The standard InChI is InChI=1S/C20H21NO3/c1-10-4-3-5-13-14-9-15(20(23)24-2)12-7-6-11-8-16(22)21(18(10)13)19(14)17(11)12/h3-5,9,11-12,15,17,19H,6-8H2,1-2H3/t11-,12+,15-,17+,19+/m1/s1. The number of anilines is 1. The number of methoxy groups -OCH3 is 1. The van der Waals surface area contributed by atoms with E-state index in [1.165, 1.54) is 12.7 Å². The van der Waals surface area contributed by atoms with Crippen molar-refractivity contribution in [3.05, 3.63) is 35.4 Å². The number of para-hydroxylation sites is 1. The van der Waals surface area contributed by atoms with Gasteiger partial charge in [0.05, 0.1) is 24.8 Å². The maximum Gasteiger partial charge on any atom is 0.312 e. The lowest BCUT2D eigenvalue weighted by atomic mass is 9.67. The third kappa shape index (κ3) is 1.59. The Morgan fingerprint density at radius 2 is 2.12 bits per heavy atom. The molecule has 1 amide bonds. The zero-order chi connectivity index (χ0) is 16.6. The van der Waals surface area contributed by atoms with Crippen LogP contribution in [0.2, 0.25) is 0 Å². The van der Waals surface area contributed by atoms with Crippen molar-refractivity contribution in [2.75, 3.05) is 12.0 Å². The van der Waals surface area contributed by atoms with Crippen LogP contribution in [0.4, 0.5) is 5.69 Å². The fourth-order valence-electron chi connectivity index (χ4n) is 5.81. The van der Waals surface area contributed by atoms with Crippen LogP contribution in [0.25, 0.3) is 5.57 Å². The average Bonchev–Trinajstić information content (AvgIpc) is 3.13. The number of rotatable bonds is 1. The van der Waals surface area contributed by atoms with E-state index in [1.807, 2.05) is 11.0 Å². The molecule has 4 nitrogen and oxygen atoms in total. The molecule has 2 aliphatic heterocycles. The number of ether oxygens (including phenoxy) is 1. The molecule has 5 atom stereocenters. The number of carbonyl (C=O) groups excluding carboxylic acids is 2. The van der Waals surface area contributed by atoms with Crippen molar-refractivity contribution in [1.82, 2.24) is 0 Å². The third-order valence-corrected chi connectivity index (χ3v) is 6.66. The lowest BCUT2D eigenvalue weighted by Crippen LogP contribution is -2.53. The summed E-state index contributed by atoms with van der Waals surface area (Å²) < 4.78 is 5.10. The zero-order valence-electron chi connectivity index (χ0n) is 14.0. The van der Waals surface area contributed by atoms with Crippen molar-refractivity contribution in [2.24, 2.45) is 23.7 Å². The summed E-state index contributed by atoms with van der Waals surface area (Å²) in [6.45, 7) is 2.07. The Morgan fingerprint density at radius 1 is 1.29 bits per heavy atom. The summed E-state index contributed by atoms with van der Waals surface area (Å²) in [6.07, 6.45) is 4.80. The van der Waals surface area contributed by atoms with Crippen molar-refractivity contribution < 1.29 is 14.3 Å². The zero-order valence-corrected chi connectivity index (χ0v) is 14.0. The van der Waals surface area contributed by atoms with Gasteiger partial charge in [-0.1, -0.05) is 24.3 Å². The van der Waals surface area contributed by atoms with Gasteiger partial charge in [-0.2, -0.15) is 0 Å². The lowest BCUT2D eigenvalue weighted by molar-refractivity contribution is -0.146. The minimum absolute atomic E-state index is 0.126. The van der Waals surface area contributed by atoms with E-state index in [0.717, 1.165) is 29.7 Å². The van der Waals surface area contributed by atoms with Crippen LogP contribution in [0.1, 0.15) is 30.4 Å². The minimum atomic E-state index is -0.169. The van der Waals surface area contributed by atoms with Gasteiger partial charge in [0, 0.05) is 12.0 Å². The molecule has 124 valence electrons. The number of hydrogen-bond acceptors (Lipinski definition) is 3. The molecular formula is C20H21NO3. The Labute approximate surface area is 141 Å². The van der Waals surface area contributed by atoms with Crippen LogP contribution in [-0.4, -0.2) is 25.0 Å². The van der Waals surface area contributed by atoms with E-state index in [1.54, 1.807) is 0 Å². The van der Waals surface area contributed by atoms with Gasteiger partial charge in [0.2, 0.25) is 5.91 Å². The van der Waals surface area contributed by atoms with Gasteiger partial charge >= 0.3 is 5.97 Å². The highest BCUT2D eigenvalue weighted by Gasteiger charge is 2.58. The molecule has 2 heterocycles. The van der Waals surface area contributed by atoms with Crippen LogP contribution in [0, 0.1) is 30.6 Å². The molecule has 2 aliphatic carbocycles. The smallest absolute Gasteiger partial charge is 0.312 e. The van der Waals surface area contributed by atoms with Gasteiger partial charge in [-0.3, -0.25) is 9.59 Å². The molecule has 2 fully saturated rings. The van der Waals surface area contributed by atoms with Gasteiger partial charge in [0.25, 0.3) is 0 Å². The van der Waals surface area contributed by atoms with Gasteiger partial charge in [-0.25, -0.2) is 0 Å². The molecule has 0 unspecified atom stereocenters. The van der Waals surface area contributed by atoms with E-state index in [-0.39, 0.29) is 23.8 Å². The lowest BCUT2D eigenvalue weighted by Gasteiger charge is -2.45. The topological polar surface area (TPSA) is 46.6 Å². The SMILES string of the molecule is COC(=O)[C@@H]1C=C2c3cccc(C)c3N3C(=O)C[C@H]4CC[C@@H]1[C@H]4[C@H]23. The first-order valence-electron chi connectivity index (χ1n) is 8.83. The summed E-state index contributed by atoms with van der Waals surface area (Å²) in [5, 5.41) is 0. The van der Waals surface area contributed by atoms with Gasteiger partial charge in [0.1, 0.15) is 0 Å². The monoisotopic (exact) mass is 323 g/mol. The molecular weight excluding hydrogens is 302 g/mol. The van der Waals surface area contributed by atoms with Gasteiger partial charge in [0.15, 0.2) is 0 Å². The first kappa shape index (κ1) is 14.3. The second-order valence-electron chi connectivity index (χ2n) is 7.63. The summed E-state index contributed by atoms with van der Waals surface area (Å²) in [4.78, 5) is 27.3. The van der Waals surface area contributed by atoms with Crippen LogP contribution in [0.3, 0.4) is 0 Å². The molecule has 24 heavy (non-hydrogen) atoms. The normalized spacial score (nSPS) is 35.4. The molecule has 1 saturated carbocycles. The largest absolute Gasteiger partial charge is 0.469 e. The van der Waals surface area contributed by atoms with Crippen molar-refractivity contribution in [2.45, 2.75) is 32.2 Å². The second kappa shape index (κ2) is 4.71. The van der Waals surface area contributed by atoms with Crippen molar-refractivity contribution >= 4 is 23.1 Å². The van der Waals surface area contributed by atoms with Crippen molar-refractivity contribution in [3.8, 4) is 0 Å². The molecule has 1 aromatic rings. The molecule has 1 aromatic carbocycles. The number of benzene rings is 1. The Kier molecular flexibility index (Phi) is 2.80. The number of hydrogen-bond donors (Lipinski definition) is 0. The molecule has 0 aromatic heterocycles. The van der Waals surface area contributed by atoms with Gasteiger partial charge in [-0.05, 0) is 48.7 Å². The summed E-state index contributed by atoms with van der Waals surface area (Å²) in [5.41, 5.74) is 4.51. The van der Waals surface area contributed by atoms with Crippen LogP contribution < -0.4 is 4.90 Å². The molecule has 0 bridgehead atoms. The molecule has 1 saturated heterocycles. The fourth-order valence-corrected chi connectivity index (χ4v) is 5.81. The van der Waals surface area contributed by atoms with Crippen molar-refractivity contribution in [3.63, 3.8) is 0 Å². The van der Waals surface area contributed by atoms with Crippen LogP contribution in [0.15, 0.2) is 24.3 Å².